The third kappa shape index (κ3) is 4.87. The van der Waals surface area contributed by atoms with E-state index in [9.17, 15) is 8.42 Å². The Bertz CT molecular complexity index is 722. The first-order valence-electron chi connectivity index (χ1n) is 8.07. The second-order valence-electron chi connectivity index (χ2n) is 5.81. The lowest BCUT2D eigenvalue weighted by atomic mass is 10.2. The first-order valence-corrected chi connectivity index (χ1v) is 10.4. The lowest BCUT2D eigenvalue weighted by Gasteiger charge is -2.12. The normalized spacial score (nSPS) is 18.1. The molecule has 2 N–H and O–H groups in total. The molecule has 1 aromatic carbocycles. The first-order chi connectivity index (χ1) is 11.6. The SMILES string of the molecule is O=S(=O)(NCC1CCCO1)c1ccc(CNCc2cccs2)cc1. The summed E-state index contributed by atoms with van der Waals surface area (Å²) in [7, 11) is -3.47. The number of ether oxygens (including phenoxy) is 1. The average molecular weight is 367 g/mol. The maximum absolute atomic E-state index is 12.3. The fourth-order valence-corrected chi connectivity index (χ4v) is 4.36. The lowest BCUT2D eigenvalue weighted by Crippen LogP contribution is -2.31. The molecule has 0 aliphatic carbocycles. The molecule has 24 heavy (non-hydrogen) atoms. The molecule has 2 heterocycles. The van der Waals surface area contributed by atoms with Gasteiger partial charge in [-0.05, 0) is 42.0 Å². The van der Waals surface area contributed by atoms with Gasteiger partial charge in [0.25, 0.3) is 0 Å². The molecule has 3 rings (SSSR count). The number of sulfonamides is 1. The average Bonchev–Trinajstić information content (AvgIpc) is 3.27. The van der Waals surface area contributed by atoms with Crippen molar-refractivity contribution in [3.05, 3.63) is 52.2 Å². The third-order valence-electron chi connectivity index (χ3n) is 3.97. The van der Waals surface area contributed by atoms with Gasteiger partial charge in [0.2, 0.25) is 10.0 Å². The molecular formula is C17H22N2O3S2. The molecule has 1 saturated heterocycles. The summed E-state index contributed by atoms with van der Waals surface area (Å²) in [5.74, 6) is 0. The van der Waals surface area contributed by atoms with Gasteiger partial charge in [0.1, 0.15) is 0 Å². The maximum Gasteiger partial charge on any atom is 0.240 e. The number of hydrogen-bond acceptors (Lipinski definition) is 5. The van der Waals surface area contributed by atoms with Crippen molar-refractivity contribution < 1.29 is 13.2 Å². The van der Waals surface area contributed by atoms with Crippen LogP contribution < -0.4 is 10.0 Å². The van der Waals surface area contributed by atoms with Crippen LogP contribution in [0.4, 0.5) is 0 Å². The Labute approximate surface area is 147 Å². The van der Waals surface area contributed by atoms with Crippen LogP contribution in [0.25, 0.3) is 0 Å². The summed E-state index contributed by atoms with van der Waals surface area (Å²) in [6, 6.07) is 11.1. The van der Waals surface area contributed by atoms with Gasteiger partial charge in [0, 0.05) is 31.1 Å². The molecule has 1 unspecified atom stereocenters. The van der Waals surface area contributed by atoms with Crippen LogP contribution >= 0.6 is 11.3 Å². The van der Waals surface area contributed by atoms with Crippen LogP contribution in [0.2, 0.25) is 0 Å². The van der Waals surface area contributed by atoms with E-state index >= 15 is 0 Å². The van der Waals surface area contributed by atoms with Crippen molar-refractivity contribution in [2.45, 2.75) is 36.9 Å². The molecule has 2 aromatic rings. The van der Waals surface area contributed by atoms with E-state index in [-0.39, 0.29) is 6.10 Å². The fourth-order valence-electron chi connectivity index (χ4n) is 2.62. The number of thiophene rings is 1. The van der Waals surface area contributed by atoms with Crippen LogP contribution in [0.15, 0.2) is 46.7 Å². The van der Waals surface area contributed by atoms with Gasteiger partial charge in [0.15, 0.2) is 0 Å². The fraction of sp³-hybridized carbons (Fsp3) is 0.412. The number of hydrogen-bond donors (Lipinski definition) is 2. The molecule has 1 aliphatic rings. The number of rotatable bonds is 8. The Balaban J connectivity index is 1.50. The summed E-state index contributed by atoms with van der Waals surface area (Å²) >= 11 is 1.72. The van der Waals surface area contributed by atoms with Crippen LogP contribution in [0.1, 0.15) is 23.3 Å². The molecule has 0 spiro atoms. The Kier molecular flexibility index (Phi) is 6.02. The van der Waals surface area contributed by atoms with E-state index in [0.29, 0.717) is 18.0 Å². The minimum absolute atomic E-state index is 0.000463. The van der Waals surface area contributed by atoms with E-state index in [1.807, 2.05) is 18.2 Å². The predicted octanol–water partition coefficient (Wildman–Crippen LogP) is 2.50. The Hall–Kier alpha value is -1.25. The second-order valence-corrected chi connectivity index (χ2v) is 8.61. The van der Waals surface area contributed by atoms with Crippen molar-refractivity contribution >= 4 is 21.4 Å². The Morgan fingerprint density at radius 3 is 2.67 bits per heavy atom. The van der Waals surface area contributed by atoms with Gasteiger partial charge in [-0.25, -0.2) is 13.1 Å². The van der Waals surface area contributed by atoms with Crippen molar-refractivity contribution in [1.29, 1.82) is 0 Å². The first kappa shape index (κ1) is 17.6. The maximum atomic E-state index is 12.3. The topological polar surface area (TPSA) is 67.4 Å². The second kappa shape index (κ2) is 8.22. The van der Waals surface area contributed by atoms with E-state index in [4.69, 9.17) is 4.74 Å². The quantitative estimate of drug-likeness (QED) is 0.753. The van der Waals surface area contributed by atoms with Crippen LogP contribution in [-0.4, -0.2) is 27.7 Å². The molecule has 1 atom stereocenters. The summed E-state index contributed by atoms with van der Waals surface area (Å²) in [6.07, 6.45) is 1.91. The third-order valence-corrected chi connectivity index (χ3v) is 6.28. The van der Waals surface area contributed by atoms with E-state index in [1.165, 1.54) is 4.88 Å². The van der Waals surface area contributed by atoms with E-state index in [2.05, 4.69) is 21.5 Å². The molecule has 1 aromatic heterocycles. The summed E-state index contributed by atoms with van der Waals surface area (Å²) < 4.78 is 32.7. The van der Waals surface area contributed by atoms with E-state index in [0.717, 1.165) is 31.6 Å². The molecule has 0 saturated carbocycles. The molecular weight excluding hydrogens is 344 g/mol. The van der Waals surface area contributed by atoms with Crippen LogP contribution in [0.5, 0.6) is 0 Å². The molecule has 1 fully saturated rings. The largest absolute Gasteiger partial charge is 0.377 e. The highest BCUT2D eigenvalue weighted by molar-refractivity contribution is 7.89. The molecule has 0 bridgehead atoms. The zero-order chi connectivity index (χ0) is 16.8. The zero-order valence-corrected chi connectivity index (χ0v) is 15.0. The Morgan fingerprint density at radius 2 is 2.00 bits per heavy atom. The highest BCUT2D eigenvalue weighted by Gasteiger charge is 2.20. The number of benzene rings is 1. The molecule has 7 heteroatoms. The standard InChI is InChI=1S/C17H22N2O3S2/c20-24(21,19-12-15-3-1-9-22-15)17-7-5-14(6-8-17)11-18-13-16-4-2-10-23-16/h2,4-8,10,15,18-19H,1,3,9,11-13H2. The summed E-state index contributed by atoms with van der Waals surface area (Å²) in [4.78, 5) is 1.58. The van der Waals surface area contributed by atoms with Gasteiger partial charge in [-0.1, -0.05) is 18.2 Å². The Morgan fingerprint density at radius 1 is 1.17 bits per heavy atom. The summed E-state index contributed by atoms with van der Waals surface area (Å²) in [6.45, 7) is 2.59. The predicted molar refractivity (Wildman–Crippen MR) is 95.5 cm³/mol. The minimum atomic E-state index is -3.47. The van der Waals surface area contributed by atoms with Crippen molar-refractivity contribution in [2.75, 3.05) is 13.2 Å². The van der Waals surface area contributed by atoms with Crippen LogP contribution in [0, 0.1) is 0 Å². The van der Waals surface area contributed by atoms with Crippen molar-refractivity contribution in [2.24, 2.45) is 0 Å². The minimum Gasteiger partial charge on any atom is -0.377 e. The van der Waals surface area contributed by atoms with Crippen molar-refractivity contribution in [1.82, 2.24) is 10.0 Å². The van der Waals surface area contributed by atoms with Gasteiger partial charge < -0.3 is 10.1 Å². The lowest BCUT2D eigenvalue weighted by molar-refractivity contribution is 0.114. The smallest absolute Gasteiger partial charge is 0.240 e. The van der Waals surface area contributed by atoms with Gasteiger partial charge in [-0.15, -0.1) is 11.3 Å². The molecule has 130 valence electrons. The molecule has 0 radical (unpaired) electrons. The summed E-state index contributed by atoms with van der Waals surface area (Å²) in [5, 5.41) is 5.41. The number of nitrogens with one attached hydrogen (secondary N) is 2. The molecule has 0 amide bonds. The van der Waals surface area contributed by atoms with Gasteiger partial charge >= 0.3 is 0 Å². The van der Waals surface area contributed by atoms with Gasteiger partial charge in [-0.2, -0.15) is 0 Å². The van der Waals surface area contributed by atoms with Crippen molar-refractivity contribution in [3.8, 4) is 0 Å². The van der Waals surface area contributed by atoms with E-state index < -0.39 is 10.0 Å². The van der Waals surface area contributed by atoms with Gasteiger partial charge in [-0.3, -0.25) is 0 Å². The highest BCUT2D eigenvalue weighted by atomic mass is 32.2. The van der Waals surface area contributed by atoms with Crippen LogP contribution in [0.3, 0.4) is 0 Å². The zero-order valence-electron chi connectivity index (χ0n) is 13.4. The van der Waals surface area contributed by atoms with Crippen LogP contribution in [-0.2, 0) is 27.8 Å². The van der Waals surface area contributed by atoms with Gasteiger partial charge in [0.05, 0.1) is 11.0 Å². The van der Waals surface area contributed by atoms with E-state index in [1.54, 1.807) is 23.5 Å². The highest BCUT2D eigenvalue weighted by Crippen LogP contribution is 2.14. The van der Waals surface area contributed by atoms with Crippen molar-refractivity contribution in [3.63, 3.8) is 0 Å². The monoisotopic (exact) mass is 366 g/mol. The summed E-state index contributed by atoms with van der Waals surface area (Å²) in [5.41, 5.74) is 1.06. The molecule has 1 aliphatic heterocycles. The molecule has 5 nitrogen and oxygen atoms in total.